The van der Waals surface area contributed by atoms with Gasteiger partial charge in [-0.05, 0) is 37.1 Å². The first-order valence-electron chi connectivity index (χ1n) is 13.5. The first-order chi connectivity index (χ1) is 17.5. The van der Waals surface area contributed by atoms with Gasteiger partial charge in [0.15, 0.2) is 0 Å². The molecule has 8 heteroatoms. The highest BCUT2D eigenvalue weighted by atomic mass is 32.2. The molecule has 0 radical (unpaired) electrons. The van der Waals surface area contributed by atoms with Crippen molar-refractivity contribution in [3.05, 3.63) is 29.8 Å². The average Bonchev–Trinajstić information content (AvgIpc) is 3.38. The van der Waals surface area contributed by atoms with Gasteiger partial charge in [-0.15, -0.1) is 11.8 Å². The number of ether oxygens (including phenoxy) is 1. The van der Waals surface area contributed by atoms with Crippen molar-refractivity contribution < 1.29 is 24.2 Å². The molecule has 1 atom stereocenters. The molecule has 1 saturated heterocycles. The van der Waals surface area contributed by atoms with Crippen molar-refractivity contribution in [3.8, 4) is 0 Å². The van der Waals surface area contributed by atoms with Crippen LogP contribution >= 0.6 is 11.8 Å². The van der Waals surface area contributed by atoms with Crippen LogP contribution in [0.4, 0.5) is 5.69 Å². The second kappa shape index (κ2) is 18.1. The van der Waals surface area contributed by atoms with Crippen LogP contribution in [0, 0.1) is 0 Å². The Morgan fingerprint density at radius 3 is 1.94 bits per heavy atom. The molecular formula is C28H44N2O5S. The molecule has 202 valence electrons. The summed E-state index contributed by atoms with van der Waals surface area (Å²) in [6.45, 7) is 0.913. The zero-order valence-electron chi connectivity index (χ0n) is 21.8. The Hall–Kier alpha value is -2.22. The molecule has 2 N–H and O–H groups in total. The van der Waals surface area contributed by atoms with Gasteiger partial charge in [0.2, 0.25) is 0 Å². The van der Waals surface area contributed by atoms with Gasteiger partial charge in [-0.25, -0.2) is 4.79 Å². The largest absolute Gasteiger partial charge is 0.480 e. The summed E-state index contributed by atoms with van der Waals surface area (Å²) in [7, 11) is 1.45. The third-order valence-corrected chi connectivity index (χ3v) is 7.69. The van der Waals surface area contributed by atoms with E-state index in [4.69, 9.17) is 0 Å². The van der Waals surface area contributed by atoms with E-state index in [9.17, 15) is 19.5 Å². The maximum Gasteiger partial charge on any atom is 0.327 e. The van der Waals surface area contributed by atoms with E-state index in [2.05, 4.69) is 10.1 Å². The molecule has 36 heavy (non-hydrogen) atoms. The van der Waals surface area contributed by atoms with E-state index in [0.717, 1.165) is 31.5 Å². The monoisotopic (exact) mass is 520 g/mol. The van der Waals surface area contributed by atoms with Crippen molar-refractivity contribution >= 4 is 35.3 Å². The van der Waals surface area contributed by atoms with Crippen LogP contribution in [0.25, 0.3) is 0 Å². The Balaban J connectivity index is 1.42. The van der Waals surface area contributed by atoms with Gasteiger partial charge < -0.3 is 20.1 Å². The molecule has 1 fully saturated rings. The molecular weight excluding hydrogens is 476 g/mol. The number of carbonyl (C=O) groups excluding carboxylic acids is 2. The molecule has 0 saturated carbocycles. The Labute approximate surface area is 220 Å². The predicted octanol–water partition coefficient (Wildman–Crippen LogP) is 6.33. The number of esters is 1. The van der Waals surface area contributed by atoms with Gasteiger partial charge >= 0.3 is 11.9 Å². The van der Waals surface area contributed by atoms with Crippen molar-refractivity contribution in [2.24, 2.45) is 0 Å². The fraction of sp³-hybridized carbons (Fsp3) is 0.679. The molecule has 0 spiro atoms. The van der Waals surface area contributed by atoms with Crippen LogP contribution in [0.15, 0.2) is 24.3 Å². The van der Waals surface area contributed by atoms with Crippen molar-refractivity contribution in [1.82, 2.24) is 4.90 Å². The number of carbonyl (C=O) groups is 3. The number of carboxylic acid groups (broad SMARTS) is 1. The van der Waals surface area contributed by atoms with E-state index in [-0.39, 0.29) is 11.9 Å². The third-order valence-electron chi connectivity index (χ3n) is 6.67. The third kappa shape index (κ3) is 11.7. The lowest BCUT2D eigenvalue weighted by Gasteiger charge is -2.20. The van der Waals surface area contributed by atoms with Crippen LogP contribution < -0.4 is 5.32 Å². The molecule has 1 amide bonds. The van der Waals surface area contributed by atoms with Crippen LogP contribution in [-0.4, -0.2) is 59.2 Å². The molecule has 1 aromatic carbocycles. The van der Waals surface area contributed by atoms with Crippen molar-refractivity contribution in [1.29, 1.82) is 0 Å². The van der Waals surface area contributed by atoms with Gasteiger partial charge in [-0.1, -0.05) is 70.6 Å². The van der Waals surface area contributed by atoms with E-state index in [1.54, 1.807) is 12.1 Å². The summed E-state index contributed by atoms with van der Waals surface area (Å²) in [5, 5.41) is 12.7. The Bertz CT molecular complexity index is 787. The van der Waals surface area contributed by atoms with E-state index >= 15 is 0 Å². The summed E-state index contributed by atoms with van der Waals surface area (Å²) in [4.78, 5) is 36.4. The SMILES string of the molecule is COC(=O)CCCCCCCCCCCCCCCNc1ccc(C(=O)N2CSCC2C(=O)O)cc1. The zero-order valence-corrected chi connectivity index (χ0v) is 22.7. The summed E-state index contributed by atoms with van der Waals surface area (Å²) in [5.41, 5.74) is 1.52. The lowest BCUT2D eigenvalue weighted by Crippen LogP contribution is -2.41. The van der Waals surface area contributed by atoms with Gasteiger partial charge in [0.1, 0.15) is 6.04 Å². The molecule has 1 unspecified atom stereocenters. The lowest BCUT2D eigenvalue weighted by molar-refractivity contribution is -0.141. The van der Waals surface area contributed by atoms with E-state index in [1.807, 2.05) is 12.1 Å². The summed E-state index contributed by atoms with van der Waals surface area (Å²) in [6, 6.07) is 6.61. The number of amides is 1. The topological polar surface area (TPSA) is 95.9 Å². The van der Waals surface area contributed by atoms with E-state index in [1.165, 1.54) is 88.0 Å². The number of hydrogen-bond acceptors (Lipinski definition) is 6. The van der Waals surface area contributed by atoms with Crippen LogP contribution in [-0.2, 0) is 14.3 Å². The Kier molecular flexibility index (Phi) is 15.1. The average molecular weight is 521 g/mol. The number of thioether (sulfide) groups is 1. The van der Waals surface area contributed by atoms with Crippen LogP contribution in [0.1, 0.15) is 100 Å². The van der Waals surface area contributed by atoms with Gasteiger partial charge in [0, 0.05) is 30.0 Å². The van der Waals surface area contributed by atoms with Crippen LogP contribution in [0.2, 0.25) is 0 Å². The molecule has 1 aromatic rings. The number of nitrogens with one attached hydrogen (secondary N) is 1. The summed E-state index contributed by atoms with van der Waals surface area (Å²) in [6.07, 6.45) is 16.6. The van der Waals surface area contributed by atoms with E-state index < -0.39 is 12.0 Å². The molecule has 1 heterocycles. The standard InChI is InChI=1S/C28H44N2O5S/c1-35-26(31)15-13-11-9-7-5-3-2-4-6-8-10-12-14-20-29-24-18-16-23(17-19-24)27(32)30-22-36-21-25(30)28(33)34/h16-19,25,29H,2-15,20-22H2,1H3,(H,33,34). The van der Waals surface area contributed by atoms with Crippen LogP contribution in [0.3, 0.4) is 0 Å². The van der Waals surface area contributed by atoms with Gasteiger partial charge in [0.25, 0.3) is 5.91 Å². The first kappa shape index (κ1) is 30.0. The van der Waals surface area contributed by atoms with Crippen molar-refractivity contribution in [2.75, 3.05) is 30.6 Å². The summed E-state index contributed by atoms with van der Waals surface area (Å²) >= 11 is 1.47. The van der Waals surface area contributed by atoms with Gasteiger partial charge in [-0.3, -0.25) is 9.59 Å². The quantitative estimate of drug-likeness (QED) is 0.162. The summed E-state index contributed by atoms with van der Waals surface area (Å²) in [5.74, 6) is -0.378. The number of benzene rings is 1. The first-order valence-corrected chi connectivity index (χ1v) is 14.7. The lowest BCUT2D eigenvalue weighted by atomic mass is 10.0. The second-order valence-electron chi connectivity index (χ2n) is 9.56. The molecule has 1 aliphatic rings. The predicted molar refractivity (Wildman–Crippen MR) is 147 cm³/mol. The fourth-order valence-corrected chi connectivity index (χ4v) is 5.56. The molecule has 1 aliphatic heterocycles. The Morgan fingerprint density at radius 1 is 0.889 bits per heavy atom. The maximum absolute atomic E-state index is 12.6. The zero-order chi connectivity index (χ0) is 26.0. The molecule has 7 nitrogen and oxygen atoms in total. The number of hydrogen-bond donors (Lipinski definition) is 2. The fourth-order valence-electron chi connectivity index (χ4n) is 4.42. The molecule has 0 aromatic heterocycles. The van der Waals surface area contributed by atoms with Crippen LogP contribution in [0.5, 0.6) is 0 Å². The molecule has 0 bridgehead atoms. The molecule has 0 aliphatic carbocycles. The normalized spacial score (nSPS) is 15.1. The van der Waals surface area contributed by atoms with E-state index in [0.29, 0.717) is 23.6 Å². The van der Waals surface area contributed by atoms with Crippen molar-refractivity contribution in [3.63, 3.8) is 0 Å². The van der Waals surface area contributed by atoms with Gasteiger partial charge in [0.05, 0.1) is 13.0 Å². The minimum absolute atomic E-state index is 0.0952. The number of rotatable bonds is 19. The minimum atomic E-state index is -0.941. The number of unbranched alkanes of at least 4 members (excludes halogenated alkanes) is 12. The Morgan fingerprint density at radius 2 is 1.42 bits per heavy atom. The number of aliphatic carboxylic acids is 1. The summed E-state index contributed by atoms with van der Waals surface area (Å²) < 4.78 is 4.65. The van der Waals surface area contributed by atoms with Gasteiger partial charge in [-0.2, -0.15) is 0 Å². The maximum atomic E-state index is 12.6. The number of carboxylic acids is 1. The number of anilines is 1. The van der Waals surface area contributed by atoms with Crippen molar-refractivity contribution in [2.45, 2.75) is 95.9 Å². The second-order valence-corrected chi connectivity index (χ2v) is 10.6. The highest BCUT2D eigenvalue weighted by Gasteiger charge is 2.34. The number of methoxy groups -OCH3 is 1. The highest BCUT2D eigenvalue weighted by Crippen LogP contribution is 2.24. The minimum Gasteiger partial charge on any atom is -0.480 e. The number of nitrogens with zero attached hydrogens (tertiary/aromatic N) is 1. The smallest absolute Gasteiger partial charge is 0.327 e. The highest BCUT2D eigenvalue weighted by molar-refractivity contribution is 7.99. The molecule has 2 rings (SSSR count).